The Hall–Kier alpha value is -6.74. The molecule has 1 nitrogen and oxygen atoms in total. The molecule has 54 heavy (non-hydrogen) atoms. The molecule has 10 aromatic carbocycles. The van der Waals surface area contributed by atoms with Crippen molar-refractivity contribution in [1.29, 1.82) is 0 Å². The van der Waals surface area contributed by atoms with Crippen LogP contribution < -0.4 is 0 Å². The van der Waals surface area contributed by atoms with E-state index in [0.29, 0.717) is 0 Å². The van der Waals surface area contributed by atoms with E-state index in [0.717, 1.165) is 16.6 Å². The second kappa shape index (κ2) is 11.4. The summed E-state index contributed by atoms with van der Waals surface area (Å²) in [6, 6.07) is 66.7. The van der Waals surface area contributed by atoms with Gasteiger partial charge in [0.25, 0.3) is 0 Å². The van der Waals surface area contributed by atoms with Gasteiger partial charge in [0.15, 0.2) is 0 Å². The summed E-state index contributed by atoms with van der Waals surface area (Å²) in [5.41, 5.74) is 9.44. The lowest BCUT2D eigenvalue weighted by atomic mass is 9.84. The molecule has 0 radical (unpaired) electrons. The van der Waals surface area contributed by atoms with Crippen LogP contribution in [-0.4, -0.2) is 0 Å². The van der Waals surface area contributed by atoms with Gasteiger partial charge in [-0.05, 0) is 101 Å². The fourth-order valence-electron chi connectivity index (χ4n) is 9.09. The summed E-state index contributed by atoms with van der Waals surface area (Å²) in [6.45, 7) is 0. The fourth-order valence-corrected chi connectivity index (χ4v) is 10.3. The van der Waals surface area contributed by atoms with Crippen LogP contribution in [0.15, 0.2) is 186 Å². The molecular formula is C52H30OS. The van der Waals surface area contributed by atoms with Crippen LogP contribution in [0.4, 0.5) is 0 Å². The minimum Gasteiger partial charge on any atom is -0.455 e. The van der Waals surface area contributed by atoms with Crippen molar-refractivity contribution < 1.29 is 4.42 Å². The Morgan fingerprint density at radius 2 is 0.944 bits per heavy atom. The van der Waals surface area contributed by atoms with E-state index in [9.17, 15) is 0 Å². The monoisotopic (exact) mass is 702 g/mol. The highest BCUT2D eigenvalue weighted by Gasteiger charge is 2.20. The maximum absolute atomic E-state index is 6.55. The van der Waals surface area contributed by atoms with Crippen LogP contribution in [0.5, 0.6) is 0 Å². The number of rotatable bonds is 3. The molecule has 0 bridgehead atoms. The molecule has 0 fully saturated rings. The van der Waals surface area contributed by atoms with E-state index >= 15 is 0 Å². The molecule has 0 unspecified atom stereocenters. The zero-order valence-corrected chi connectivity index (χ0v) is 30.0. The predicted octanol–water partition coefficient (Wildman–Crippen LogP) is 15.6. The molecule has 2 heteroatoms. The molecule has 0 aliphatic rings. The van der Waals surface area contributed by atoms with Crippen molar-refractivity contribution in [1.82, 2.24) is 0 Å². The van der Waals surface area contributed by atoms with Gasteiger partial charge in [-0.2, -0.15) is 0 Å². The van der Waals surface area contributed by atoms with Crippen molar-refractivity contribution in [2.75, 3.05) is 0 Å². The van der Waals surface area contributed by atoms with Crippen LogP contribution in [0, 0.1) is 0 Å². The van der Waals surface area contributed by atoms with E-state index in [2.05, 4.69) is 182 Å². The first-order valence-electron chi connectivity index (χ1n) is 18.5. The standard InChI is InChI=1S/C52H30OS/c1-2-13-32(14-3-1)48-38-18-8-10-20-40(38)49(41-21-11-9-19-39(41)48)42-26-25-34(36-16-6-7-17-37(36)42)33-23-29-47-45(30-33)43-27-28-46-50(52(43)54-47)44-24-22-31-12-4-5-15-35(31)51(44)53-46/h1-30H. The van der Waals surface area contributed by atoms with Crippen molar-refractivity contribution in [3.8, 4) is 33.4 Å². The lowest BCUT2D eigenvalue weighted by molar-refractivity contribution is 0.673. The Kier molecular flexibility index (Phi) is 6.28. The Morgan fingerprint density at radius 3 is 1.69 bits per heavy atom. The second-order valence-corrected chi connectivity index (χ2v) is 15.4. The van der Waals surface area contributed by atoms with Crippen LogP contribution in [0.2, 0.25) is 0 Å². The Balaban J connectivity index is 1.08. The van der Waals surface area contributed by atoms with Gasteiger partial charge in [-0.25, -0.2) is 0 Å². The topological polar surface area (TPSA) is 13.1 Å². The number of furan rings is 1. The molecule has 250 valence electrons. The lowest BCUT2D eigenvalue weighted by Crippen LogP contribution is -1.92. The molecular weight excluding hydrogens is 673 g/mol. The summed E-state index contributed by atoms with van der Waals surface area (Å²) in [5.74, 6) is 0. The van der Waals surface area contributed by atoms with Crippen LogP contribution >= 0.6 is 11.3 Å². The highest BCUT2D eigenvalue weighted by molar-refractivity contribution is 7.26. The van der Waals surface area contributed by atoms with Crippen LogP contribution in [0.3, 0.4) is 0 Å². The maximum Gasteiger partial charge on any atom is 0.143 e. The number of hydrogen-bond donors (Lipinski definition) is 0. The smallest absolute Gasteiger partial charge is 0.143 e. The average Bonchev–Trinajstić information content (AvgIpc) is 3.81. The van der Waals surface area contributed by atoms with Gasteiger partial charge >= 0.3 is 0 Å². The van der Waals surface area contributed by atoms with Gasteiger partial charge in [0.2, 0.25) is 0 Å². The summed E-state index contributed by atoms with van der Waals surface area (Å²) in [4.78, 5) is 0. The molecule has 0 spiro atoms. The third kappa shape index (κ3) is 4.20. The third-order valence-corrected chi connectivity index (χ3v) is 12.7. The molecule has 2 heterocycles. The largest absolute Gasteiger partial charge is 0.455 e. The minimum atomic E-state index is 0.944. The fraction of sp³-hybridized carbons (Fsp3) is 0. The molecule has 0 N–H and O–H groups in total. The van der Waals surface area contributed by atoms with E-state index in [1.807, 2.05) is 11.3 Å². The normalized spacial score (nSPS) is 12.1. The van der Waals surface area contributed by atoms with Gasteiger partial charge in [-0.1, -0.05) is 152 Å². The summed E-state index contributed by atoms with van der Waals surface area (Å²) >= 11 is 1.86. The highest BCUT2D eigenvalue weighted by Crippen LogP contribution is 2.48. The van der Waals surface area contributed by atoms with Gasteiger partial charge in [0, 0.05) is 36.3 Å². The van der Waals surface area contributed by atoms with Crippen LogP contribution in [0.1, 0.15) is 0 Å². The van der Waals surface area contributed by atoms with Crippen LogP contribution in [-0.2, 0) is 0 Å². The molecule has 2 aromatic heterocycles. The van der Waals surface area contributed by atoms with Gasteiger partial charge < -0.3 is 4.42 Å². The Morgan fingerprint density at radius 1 is 0.352 bits per heavy atom. The first-order valence-corrected chi connectivity index (χ1v) is 19.3. The molecule has 12 rings (SSSR count). The van der Waals surface area contributed by atoms with Crippen molar-refractivity contribution >= 4 is 96.5 Å². The van der Waals surface area contributed by atoms with E-state index in [1.165, 1.54) is 102 Å². The molecule has 0 amide bonds. The van der Waals surface area contributed by atoms with Crippen molar-refractivity contribution in [3.05, 3.63) is 182 Å². The average molecular weight is 703 g/mol. The SMILES string of the molecule is c1ccc(-c2c3ccccc3c(-c3ccc(-c4ccc5sc6c(ccc7oc8c9ccccc9ccc8c76)c5c4)c4ccccc34)c3ccccc23)cc1. The van der Waals surface area contributed by atoms with E-state index in [-0.39, 0.29) is 0 Å². The van der Waals surface area contributed by atoms with Crippen molar-refractivity contribution in [2.24, 2.45) is 0 Å². The number of hydrogen-bond acceptors (Lipinski definition) is 2. The summed E-state index contributed by atoms with van der Waals surface area (Å²) < 4.78 is 9.12. The first kappa shape index (κ1) is 29.8. The zero-order valence-electron chi connectivity index (χ0n) is 29.1. The number of thiophene rings is 1. The molecule has 0 atom stereocenters. The summed E-state index contributed by atoms with van der Waals surface area (Å²) in [7, 11) is 0. The predicted molar refractivity (Wildman–Crippen MR) is 233 cm³/mol. The zero-order chi connectivity index (χ0) is 35.3. The number of benzene rings is 10. The quantitative estimate of drug-likeness (QED) is 0.167. The molecule has 0 saturated carbocycles. The molecule has 12 aromatic rings. The number of fused-ring (bicyclic) bond motifs is 12. The summed E-state index contributed by atoms with van der Waals surface area (Å²) in [5, 5.41) is 14.9. The maximum atomic E-state index is 6.55. The molecule has 0 aliphatic carbocycles. The van der Waals surface area contributed by atoms with Crippen LogP contribution in [0.25, 0.3) is 119 Å². The van der Waals surface area contributed by atoms with E-state index < -0.39 is 0 Å². The second-order valence-electron chi connectivity index (χ2n) is 14.3. The molecule has 0 aliphatic heterocycles. The third-order valence-electron chi connectivity index (χ3n) is 11.5. The van der Waals surface area contributed by atoms with Gasteiger partial charge in [-0.15, -0.1) is 11.3 Å². The van der Waals surface area contributed by atoms with Crippen molar-refractivity contribution in [3.63, 3.8) is 0 Å². The van der Waals surface area contributed by atoms with E-state index in [4.69, 9.17) is 4.42 Å². The van der Waals surface area contributed by atoms with Gasteiger partial charge in [0.1, 0.15) is 11.2 Å². The Bertz CT molecular complexity index is 3440. The van der Waals surface area contributed by atoms with E-state index in [1.54, 1.807) is 0 Å². The van der Waals surface area contributed by atoms with Gasteiger partial charge in [-0.3, -0.25) is 0 Å². The minimum absolute atomic E-state index is 0.944. The molecule has 0 saturated heterocycles. The first-order chi connectivity index (χ1) is 26.8. The highest BCUT2D eigenvalue weighted by atomic mass is 32.1. The summed E-state index contributed by atoms with van der Waals surface area (Å²) in [6.07, 6.45) is 0. The lowest BCUT2D eigenvalue weighted by Gasteiger charge is -2.19. The van der Waals surface area contributed by atoms with Crippen molar-refractivity contribution in [2.45, 2.75) is 0 Å². The van der Waals surface area contributed by atoms with Gasteiger partial charge in [0.05, 0.1) is 0 Å². The Labute approximate surface area is 314 Å².